The summed E-state index contributed by atoms with van der Waals surface area (Å²) in [5.41, 5.74) is -0.133. The minimum atomic E-state index is -0.726. The molecule has 1 aromatic rings. The second-order valence-electron chi connectivity index (χ2n) is 5.23. The van der Waals surface area contributed by atoms with E-state index in [1.54, 1.807) is 19.9 Å². The normalized spacial score (nSPS) is 27.8. The van der Waals surface area contributed by atoms with E-state index in [2.05, 4.69) is 10.5 Å². The Labute approximate surface area is 104 Å². The third-order valence-corrected chi connectivity index (χ3v) is 3.69. The molecule has 3 amide bonds. The van der Waals surface area contributed by atoms with Gasteiger partial charge in [-0.05, 0) is 32.6 Å². The fourth-order valence-corrected chi connectivity index (χ4v) is 2.45. The van der Waals surface area contributed by atoms with E-state index < -0.39 is 5.54 Å². The monoisotopic (exact) mass is 249 g/mol. The Morgan fingerprint density at radius 2 is 2.28 bits per heavy atom. The zero-order valence-corrected chi connectivity index (χ0v) is 10.4. The van der Waals surface area contributed by atoms with Crippen molar-refractivity contribution in [3.05, 3.63) is 17.5 Å². The molecular formula is C12H15N3O3. The molecule has 1 atom stereocenters. The summed E-state index contributed by atoms with van der Waals surface area (Å²) in [5.74, 6) is 0.788. The third kappa shape index (κ3) is 1.60. The smallest absolute Gasteiger partial charge is 0.325 e. The van der Waals surface area contributed by atoms with Crippen molar-refractivity contribution in [2.24, 2.45) is 5.92 Å². The molecule has 18 heavy (non-hydrogen) atoms. The molecule has 1 aliphatic heterocycles. The Balaban J connectivity index is 1.80. The van der Waals surface area contributed by atoms with Crippen molar-refractivity contribution in [3.8, 4) is 0 Å². The van der Waals surface area contributed by atoms with Gasteiger partial charge in [-0.15, -0.1) is 0 Å². The van der Waals surface area contributed by atoms with Crippen molar-refractivity contribution in [1.29, 1.82) is 0 Å². The van der Waals surface area contributed by atoms with Crippen molar-refractivity contribution >= 4 is 11.9 Å². The van der Waals surface area contributed by atoms with Crippen LogP contribution in [0.25, 0.3) is 0 Å². The van der Waals surface area contributed by atoms with Crippen LogP contribution in [0.4, 0.5) is 4.79 Å². The minimum absolute atomic E-state index is 0.157. The van der Waals surface area contributed by atoms with Crippen LogP contribution in [0.15, 0.2) is 10.6 Å². The lowest BCUT2D eigenvalue weighted by atomic mass is 9.96. The number of hydrogen-bond donors (Lipinski definition) is 1. The van der Waals surface area contributed by atoms with Crippen molar-refractivity contribution in [2.75, 3.05) is 0 Å². The Hall–Kier alpha value is -1.85. The summed E-state index contributed by atoms with van der Waals surface area (Å²) in [6, 6.07) is 1.39. The van der Waals surface area contributed by atoms with Gasteiger partial charge in [-0.3, -0.25) is 9.69 Å². The largest absolute Gasteiger partial charge is 0.361 e. The molecule has 0 spiro atoms. The maximum atomic E-state index is 12.3. The highest BCUT2D eigenvalue weighted by Crippen LogP contribution is 2.42. The van der Waals surface area contributed by atoms with E-state index in [1.807, 2.05) is 0 Å². The molecule has 2 heterocycles. The number of urea groups is 1. The highest BCUT2D eigenvalue weighted by Gasteiger charge is 2.55. The molecule has 96 valence electrons. The van der Waals surface area contributed by atoms with Gasteiger partial charge >= 0.3 is 6.03 Å². The molecule has 0 radical (unpaired) electrons. The molecule has 1 aromatic heterocycles. The molecule has 2 aliphatic rings. The molecule has 0 bridgehead atoms. The standard InChI is InChI=1S/C12H15N3O3/c1-7-5-9(14-18-7)6-15-10(16)12(2,8-3-4-8)13-11(15)17/h5,8H,3-4,6H2,1-2H3,(H,13,17). The summed E-state index contributed by atoms with van der Waals surface area (Å²) in [5, 5.41) is 6.61. The van der Waals surface area contributed by atoms with Gasteiger partial charge in [-0.2, -0.15) is 0 Å². The molecule has 1 unspecified atom stereocenters. The molecule has 6 nitrogen and oxygen atoms in total. The second kappa shape index (κ2) is 3.57. The Morgan fingerprint density at radius 1 is 1.56 bits per heavy atom. The van der Waals surface area contributed by atoms with Gasteiger partial charge in [0.1, 0.15) is 17.0 Å². The average Bonchev–Trinajstić information content (AvgIpc) is 3.06. The van der Waals surface area contributed by atoms with Crippen molar-refractivity contribution in [1.82, 2.24) is 15.4 Å². The lowest BCUT2D eigenvalue weighted by Gasteiger charge is -2.20. The number of aryl methyl sites for hydroxylation is 1. The van der Waals surface area contributed by atoms with Gasteiger partial charge in [0.25, 0.3) is 5.91 Å². The van der Waals surface area contributed by atoms with Crippen LogP contribution in [0.2, 0.25) is 0 Å². The number of hydrogen-bond acceptors (Lipinski definition) is 4. The third-order valence-electron chi connectivity index (χ3n) is 3.69. The van der Waals surface area contributed by atoms with Gasteiger partial charge in [-0.1, -0.05) is 5.16 Å². The molecule has 1 N–H and O–H groups in total. The van der Waals surface area contributed by atoms with Crippen LogP contribution in [0.5, 0.6) is 0 Å². The average molecular weight is 249 g/mol. The Morgan fingerprint density at radius 3 is 2.83 bits per heavy atom. The van der Waals surface area contributed by atoms with Crippen LogP contribution in [-0.2, 0) is 11.3 Å². The number of carbonyl (C=O) groups is 2. The van der Waals surface area contributed by atoms with Crippen LogP contribution >= 0.6 is 0 Å². The van der Waals surface area contributed by atoms with Crippen LogP contribution in [0, 0.1) is 12.8 Å². The van der Waals surface area contributed by atoms with E-state index >= 15 is 0 Å². The van der Waals surface area contributed by atoms with Gasteiger partial charge < -0.3 is 9.84 Å². The van der Waals surface area contributed by atoms with Crippen LogP contribution in [0.1, 0.15) is 31.2 Å². The van der Waals surface area contributed by atoms with Crippen molar-refractivity contribution in [2.45, 2.75) is 38.8 Å². The highest BCUT2D eigenvalue weighted by atomic mass is 16.5. The second-order valence-corrected chi connectivity index (χ2v) is 5.23. The zero-order valence-electron chi connectivity index (χ0n) is 10.4. The molecule has 1 saturated heterocycles. The maximum absolute atomic E-state index is 12.3. The van der Waals surface area contributed by atoms with Gasteiger partial charge in [0.15, 0.2) is 0 Å². The van der Waals surface area contributed by atoms with Crippen LogP contribution in [0.3, 0.4) is 0 Å². The number of carbonyl (C=O) groups excluding carboxylic acids is 2. The predicted molar refractivity (Wildman–Crippen MR) is 61.5 cm³/mol. The van der Waals surface area contributed by atoms with Crippen LogP contribution in [-0.4, -0.2) is 27.5 Å². The van der Waals surface area contributed by atoms with E-state index in [0.717, 1.165) is 12.8 Å². The van der Waals surface area contributed by atoms with Gasteiger partial charge in [0.05, 0.1) is 6.54 Å². The number of rotatable bonds is 3. The highest BCUT2D eigenvalue weighted by molar-refractivity contribution is 6.07. The van der Waals surface area contributed by atoms with Crippen molar-refractivity contribution < 1.29 is 14.1 Å². The van der Waals surface area contributed by atoms with Crippen molar-refractivity contribution in [3.63, 3.8) is 0 Å². The molecule has 3 rings (SSSR count). The predicted octanol–water partition coefficient (Wildman–Crippen LogP) is 1.20. The molecule has 6 heteroatoms. The fraction of sp³-hybridized carbons (Fsp3) is 0.583. The van der Waals surface area contributed by atoms with Gasteiger partial charge in [0.2, 0.25) is 0 Å². The Kier molecular flexibility index (Phi) is 2.23. The van der Waals surface area contributed by atoms with Crippen LogP contribution < -0.4 is 5.32 Å². The van der Waals surface area contributed by atoms with E-state index in [-0.39, 0.29) is 24.4 Å². The molecule has 2 fully saturated rings. The number of nitrogens with zero attached hydrogens (tertiary/aromatic N) is 2. The fourth-order valence-electron chi connectivity index (χ4n) is 2.45. The molecule has 0 aromatic carbocycles. The molecular weight excluding hydrogens is 234 g/mol. The first-order chi connectivity index (χ1) is 8.50. The summed E-state index contributed by atoms with van der Waals surface area (Å²) in [6.07, 6.45) is 2.00. The summed E-state index contributed by atoms with van der Waals surface area (Å²) >= 11 is 0. The lowest BCUT2D eigenvalue weighted by molar-refractivity contribution is -0.131. The van der Waals surface area contributed by atoms with Gasteiger partial charge in [0, 0.05) is 6.07 Å². The van der Waals surface area contributed by atoms with E-state index in [0.29, 0.717) is 11.5 Å². The summed E-state index contributed by atoms with van der Waals surface area (Å²) in [4.78, 5) is 25.4. The minimum Gasteiger partial charge on any atom is -0.361 e. The first-order valence-corrected chi connectivity index (χ1v) is 6.07. The Bertz CT molecular complexity index is 520. The van der Waals surface area contributed by atoms with E-state index in [1.165, 1.54) is 4.90 Å². The number of imide groups is 1. The SMILES string of the molecule is Cc1cc(CN2C(=O)NC(C)(C3CC3)C2=O)no1. The summed E-state index contributed by atoms with van der Waals surface area (Å²) < 4.78 is 4.94. The molecule has 1 aliphatic carbocycles. The lowest BCUT2D eigenvalue weighted by Crippen LogP contribution is -2.46. The van der Waals surface area contributed by atoms with Gasteiger partial charge in [-0.25, -0.2) is 4.79 Å². The number of aromatic nitrogens is 1. The van der Waals surface area contributed by atoms with E-state index in [4.69, 9.17) is 4.52 Å². The zero-order chi connectivity index (χ0) is 12.9. The maximum Gasteiger partial charge on any atom is 0.325 e. The number of nitrogens with one attached hydrogen (secondary N) is 1. The first-order valence-electron chi connectivity index (χ1n) is 6.07. The first kappa shape index (κ1) is 11.3. The summed E-state index contributed by atoms with van der Waals surface area (Å²) in [7, 11) is 0. The summed E-state index contributed by atoms with van der Waals surface area (Å²) in [6.45, 7) is 3.75. The molecule has 1 saturated carbocycles. The topological polar surface area (TPSA) is 75.4 Å². The number of amides is 3. The quantitative estimate of drug-likeness (QED) is 0.817. The van der Waals surface area contributed by atoms with E-state index in [9.17, 15) is 9.59 Å².